The summed E-state index contributed by atoms with van der Waals surface area (Å²) in [7, 11) is 0. The Labute approximate surface area is 144 Å². The monoisotopic (exact) mass is 337 g/mol. The van der Waals surface area contributed by atoms with Gasteiger partial charge in [0.15, 0.2) is 0 Å². The summed E-state index contributed by atoms with van der Waals surface area (Å²) in [6.45, 7) is 1.56. The average Bonchev–Trinajstić information content (AvgIpc) is 3.19. The molecule has 1 aliphatic rings. The number of aromatic nitrogens is 4. The molecule has 0 spiro atoms. The predicted molar refractivity (Wildman–Crippen MR) is 93.1 cm³/mol. The van der Waals surface area contributed by atoms with Crippen molar-refractivity contribution < 1.29 is 4.79 Å². The molecule has 0 N–H and O–H groups in total. The number of likely N-dealkylation sites (tertiary alicyclic amines) is 1. The highest BCUT2D eigenvalue weighted by Gasteiger charge is 2.25. The molecule has 0 bridgehead atoms. The summed E-state index contributed by atoms with van der Waals surface area (Å²) < 4.78 is 3.67. The van der Waals surface area contributed by atoms with Gasteiger partial charge in [0.25, 0.3) is 0 Å². The molecule has 0 unspecified atom stereocenters. The summed E-state index contributed by atoms with van der Waals surface area (Å²) in [6, 6.07) is 7.51. The van der Waals surface area contributed by atoms with E-state index in [1.165, 1.54) is 6.20 Å². The van der Waals surface area contributed by atoms with Gasteiger partial charge < -0.3 is 9.47 Å². The molecule has 3 heterocycles. The minimum Gasteiger partial charge on any atom is -0.339 e. The molecule has 1 aromatic carbocycles. The number of fused-ring (bicyclic) bond motifs is 1. The summed E-state index contributed by atoms with van der Waals surface area (Å²) in [6.07, 6.45) is 8.79. The fourth-order valence-electron chi connectivity index (χ4n) is 3.43. The fourth-order valence-corrected chi connectivity index (χ4v) is 3.43. The van der Waals surface area contributed by atoms with Crippen LogP contribution in [0.5, 0.6) is 0 Å². The molecule has 3 aromatic rings. The van der Waals surface area contributed by atoms with Crippen LogP contribution in [0.1, 0.15) is 18.9 Å². The maximum absolute atomic E-state index is 12.8. The molecule has 1 atom stereocenters. The Hall–Kier alpha value is -2.96. The molecular formula is C18H19N5O2. The number of piperidine rings is 1. The van der Waals surface area contributed by atoms with Gasteiger partial charge in [-0.15, -0.1) is 0 Å². The molecule has 0 saturated carbocycles. The highest BCUT2D eigenvalue weighted by atomic mass is 16.2. The zero-order valence-electron chi connectivity index (χ0n) is 13.8. The number of hydrogen-bond donors (Lipinski definition) is 0. The molecule has 25 heavy (non-hydrogen) atoms. The third kappa shape index (κ3) is 3.05. The number of rotatable bonds is 3. The summed E-state index contributed by atoms with van der Waals surface area (Å²) in [5.74, 6) is 0.0196. The number of carbonyl (C=O) groups is 1. The first-order chi connectivity index (χ1) is 12.2. The van der Waals surface area contributed by atoms with Gasteiger partial charge in [-0.3, -0.25) is 14.3 Å². The van der Waals surface area contributed by atoms with Crippen LogP contribution in [0.2, 0.25) is 0 Å². The van der Waals surface area contributed by atoms with Crippen molar-refractivity contribution in [2.75, 3.05) is 13.1 Å². The summed E-state index contributed by atoms with van der Waals surface area (Å²) in [4.78, 5) is 30.7. The summed E-state index contributed by atoms with van der Waals surface area (Å²) in [5.41, 5.74) is 0.559. The summed E-state index contributed by atoms with van der Waals surface area (Å²) in [5, 5.41) is 4.74. The lowest BCUT2D eigenvalue weighted by molar-refractivity contribution is -0.133. The molecule has 7 nitrogen and oxygen atoms in total. The van der Waals surface area contributed by atoms with E-state index in [1.54, 1.807) is 23.3 Å². The fraction of sp³-hybridized carbons (Fsp3) is 0.333. The Bertz CT molecular complexity index is 948. The highest BCUT2D eigenvalue weighted by Crippen LogP contribution is 2.21. The van der Waals surface area contributed by atoms with Gasteiger partial charge in [0.2, 0.25) is 11.3 Å². The standard InChI is InChI=1S/C18H19N5O2/c24-17-10-20-23(16-6-2-1-5-15(16)17)12-18(25)21-8-3-4-14(11-21)22-9-7-19-13-22/h1-2,5-7,9-10,13-14H,3-4,8,11-12H2/t14-/m0/s1. The minimum atomic E-state index is -0.127. The average molecular weight is 337 g/mol. The van der Waals surface area contributed by atoms with Crippen molar-refractivity contribution in [3.8, 4) is 0 Å². The van der Waals surface area contributed by atoms with Crippen LogP contribution in [0, 0.1) is 0 Å². The Morgan fingerprint density at radius 1 is 1.28 bits per heavy atom. The zero-order valence-corrected chi connectivity index (χ0v) is 13.8. The van der Waals surface area contributed by atoms with Gasteiger partial charge in [-0.1, -0.05) is 12.1 Å². The first-order valence-corrected chi connectivity index (χ1v) is 8.42. The van der Waals surface area contributed by atoms with Crippen molar-refractivity contribution >= 4 is 16.8 Å². The Morgan fingerprint density at radius 2 is 2.16 bits per heavy atom. The van der Waals surface area contributed by atoms with E-state index >= 15 is 0 Å². The quantitative estimate of drug-likeness (QED) is 0.725. The normalized spacial score (nSPS) is 17.8. The van der Waals surface area contributed by atoms with E-state index in [-0.39, 0.29) is 23.9 Å². The number of benzene rings is 1. The van der Waals surface area contributed by atoms with Crippen LogP contribution in [0.15, 0.2) is 54.0 Å². The van der Waals surface area contributed by atoms with Gasteiger partial charge in [-0.25, -0.2) is 4.98 Å². The van der Waals surface area contributed by atoms with Gasteiger partial charge in [0.1, 0.15) is 6.54 Å². The third-order valence-electron chi connectivity index (χ3n) is 4.74. The number of carbonyl (C=O) groups excluding carboxylic acids is 1. The molecule has 7 heteroatoms. The van der Waals surface area contributed by atoms with E-state index in [0.717, 1.165) is 19.4 Å². The van der Waals surface area contributed by atoms with E-state index in [4.69, 9.17) is 0 Å². The lowest BCUT2D eigenvalue weighted by Crippen LogP contribution is -2.42. The molecule has 0 radical (unpaired) electrons. The second kappa shape index (κ2) is 6.51. The van der Waals surface area contributed by atoms with Gasteiger partial charge in [0.05, 0.1) is 24.1 Å². The molecule has 128 valence electrons. The van der Waals surface area contributed by atoms with Gasteiger partial charge in [0, 0.05) is 30.9 Å². The number of hydrogen-bond acceptors (Lipinski definition) is 4. The molecule has 1 amide bonds. The van der Waals surface area contributed by atoms with E-state index in [2.05, 4.69) is 14.6 Å². The number of amides is 1. The first-order valence-electron chi connectivity index (χ1n) is 8.42. The highest BCUT2D eigenvalue weighted by molar-refractivity contribution is 5.81. The second-order valence-corrected chi connectivity index (χ2v) is 6.33. The van der Waals surface area contributed by atoms with Crippen molar-refractivity contribution in [2.24, 2.45) is 0 Å². The topological polar surface area (TPSA) is 73.0 Å². The summed E-state index contributed by atoms with van der Waals surface area (Å²) >= 11 is 0. The van der Waals surface area contributed by atoms with Crippen LogP contribution in [0.4, 0.5) is 0 Å². The van der Waals surface area contributed by atoms with Crippen molar-refractivity contribution in [1.29, 1.82) is 0 Å². The third-order valence-corrected chi connectivity index (χ3v) is 4.74. The first kappa shape index (κ1) is 15.6. The van der Waals surface area contributed by atoms with Crippen molar-refractivity contribution in [3.63, 3.8) is 0 Å². The molecule has 0 aliphatic carbocycles. The largest absolute Gasteiger partial charge is 0.339 e. The number of nitrogens with zero attached hydrogens (tertiary/aromatic N) is 5. The SMILES string of the molecule is O=C(Cn1ncc(=O)c2ccccc21)N1CCC[C@H](n2ccnc2)C1. The van der Waals surface area contributed by atoms with Crippen molar-refractivity contribution in [3.05, 3.63) is 59.4 Å². The van der Waals surface area contributed by atoms with Crippen LogP contribution in [0.25, 0.3) is 10.9 Å². The van der Waals surface area contributed by atoms with Crippen molar-refractivity contribution in [2.45, 2.75) is 25.4 Å². The molecule has 1 saturated heterocycles. The Morgan fingerprint density at radius 3 is 3.00 bits per heavy atom. The van der Waals surface area contributed by atoms with Crippen molar-refractivity contribution in [1.82, 2.24) is 24.2 Å². The molecule has 1 fully saturated rings. The van der Waals surface area contributed by atoms with E-state index in [9.17, 15) is 9.59 Å². The zero-order chi connectivity index (χ0) is 17.2. The van der Waals surface area contributed by atoms with Crippen LogP contribution in [-0.2, 0) is 11.3 Å². The molecule has 4 rings (SSSR count). The lowest BCUT2D eigenvalue weighted by Gasteiger charge is -2.33. The lowest BCUT2D eigenvalue weighted by atomic mass is 10.1. The van der Waals surface area contributed by atoms with E-state index in [0.29, 0.717) is 17.4 Å². The van der Waals surface area contributed by atoms with Gasteiger partial charge in [-0.05, 0) is 25.0 Å². The molecule has 1 aliphatic heterocycles. The van der Waals surface area contributed by atoms with Crippen LogP contribution in [0.3, 0.4) is 0 Å². The predicted octanol–water partition coefficient (Wildman–Crippen LogP) is 1.46. The maximum Gasteiger partial charge on any atom is 0.244 e. The number of para-hydroxylation sites is 1. The van der Waals surface area contributed by atoms with Gasteiger partial charge >= 0.3 is 0 Å². The Balaban J connectivity index is 1.54. The van der Waals surface area contributed by atoms with Crippen LogP contribution < -0.4 is 5.43 Å². The second-order valence-electron chi connectivity index (χ2n) is 6.33. The van der Waals surface area contributed by atoms with Crippen LogP contribution >= 0.6 is 0 Å². The molecular weight excluding hydrogens is 318 g/mol. The van der Waals surface area contributed by atoms with E-state index < -0.39 is 0 Å². The Kier molecular flexibility index (Phi) is 4.05. The van der Waals surface area contributed by atoms with Crippen LogP contribution in [-0.4, -0.2) is 43.2 Å². The molecule has 2 aromatic heterocycles. The maximum atomic E-state index is 12.8. The number of imidazole rings is 1. The smallest absolute Gasteiger partial charge is 0.244 e. The van der Waals surface area contributed by atoms with E-state index in [1.807, 2.05) is 29.3 Å². The van der Waals surface area contributed by atoms with Gasteiger partial charge in [-0.2, -0.15) is 5.10 Å². The minimum absolute atomic E-state index is 0.0196.